The number of rotatable bonds is 5. The van der Waals surface area contributed by atoms with Gasteiger partial charge in [-0.25, -0.2) is 4.99 Å². The van der Waals surface area contributed by atoms with Gasteiger partial charge in [0.15, 0.2) is 11.5 Å². The van der Waals surface area contributed by atoms with Gasteiger partial charge < -0.3 is 10.5 Å². The zero-order valence-corrected chi connectivity index (χ0v) is 17.4. The van der Waals surface area contributed by atoms with Crippen LogP contribution in [0.4, 0.5) is 8.78 Å². The van der Waals surface area contributed by atoms with Crippen LogP contribution in [0.1, 0.15) is 54.4 Å². The summed E-state index contributed by atoms with van der Waals surface area (Å²) in [6.45, 7) is -0.958. The predicted octanol–water partition coefficient (Wildman–Crippen LogP) is 3.96. The number of ether oxygens (including phenoxy) is 1. The molecule has 5 nitrogen and oxygen atoms in total. The topological polar surface area (TPSA) is 67.9 Å². The van der Waals surface area contributed by atoms with Crippen LogP contribution >= 0.6 is 0 Å². The van der Waals surface area contributed by atoms with Crippen molar-refractivity contribution in [3.63, 3.8) is 0 Å². The summed E-state index contributed by atoms with van der Waals surface area (Å²) in [5.74, 6) is 6.15. The molecule has 1 unspecified atom stereocenters. The molecule has 1 aliphatic heterocycles. The summed E-state index contributed by atoms with van der Waals surface area (Å²) in [4.78, 5) is 19.4. The minimum Gasteiger partial charge on any atom is -0.435 e. The first-order valence-corrected chi connectivity index (χ1v) is 10.2. The lowest BCUT2D eigenvalue weighted by atomic mass is 9.81. The average molecular weight is 423 g/mol. The van der Waals surface area contributed by atoms with Gasteiger partial charge in [-0.1, -0.05) is 37.0 Å². The molecule has 31 heavy (non-hydrogen) atoms. The number of carbonyl (C=O) groups is 1. The molecule has 0 aromatic heterocycles. The molecule has 2 aliphatic rings. The molecule has 1 saturated carbocycles. The molecule has 2 aromatic carbocycles. The molecule has 1 heterocycles. The molecule has 0 bridgehead atoms. The standard InChI is InChI=1S/C24H23F2N3O2/c1-3-4-6-15-7-5-8-17(13-15)24(21(30)29(2)23(27)28-24)18-11-12-20(31-22(25)26)19(14-18)16-9-10-16/h5,7-8,11-14,16,22H,3,9-10H2,1-2H3,(H2,27,28). The Labute approximate surface area is 179 Å². The smallest absolute Gasteiger partial charge is 0.387 e. The number of benzene rings is 2. The van der Waals surface area contributed by atoms with Crippen molar-refractivity contribution in [3.8, 4) is 17.6 Å². The van der Waals surface area contributed by atoms with Crippen LogP contribution in [0.25, 0.3) is 0 Å². The van der Waals surface area contributed by atoms with Crippen molar-refractivity contribution in [2.24, 2.45) is 10.7 Å². The number of aliphatic imine (C=N–C) groups is 1. The van der Waals surface area contributed by atoms with E-state index in [9.17, 15) is 13.6 Å². The van der Waals surface area contributed by atoms with Crippen LogP contribution in [0.2, 0.25) is 0 Å². The summed E-state index contributed by atoms with van der Waals surface area (Å²) in [6.07, 6.45) is 2.48. The fourth-order valence-corrected chi connectivity index (χ4v) is 3.89. The Bertz CT molecular complexity index is 1120. The van der Waals surface area contributed by atoms with Gasteiger partial charge in [-0.2, -0.15) is 8.78 Å². The molecule has 160 valence electrons. The molecule has 0 spiro atoms. The molecule has 1 atom stereocenters. The summed E-state index contributed by atoms with van der Waals surface area (Å²) >= 11 is 0. The number of nitrogens with two attached hydrogens (primary N) is 1. The SMILES string of the molecule is CCC#Cc1cccc(C2(c3ccc(OC(F)F)c(C4CC4)c3)N=C(N)N(C)C2=O)c1. The quantitative estimate of drug-likeness (QED) is 0.741. The number of likely N-dealkylation sites (N-methyl/N-ethyl adjacent to an activating group) is 1. The zero-order valence-electron chi connectivity index (χ0n) is 17.4. The van der Waals surface area contributed by atoms with Crippen molar-refractivity contribution in [2.45, 2.75) is 44.3 Å². The number of guanidine groups is 1. The molecule has 0 radical (unpaired) electrons. The maximum atomic E-state index is 13.5. The summed E-state index contributed by atoms with van der Waals surface area (Å²) in [5.41, 5.74) is 7.25. The lowest BCUT2D eigenvalue weighted by molar-refractivity contribution is -0.129. The Hall–Kier alpha value is -3.40. The third-order valence-corrected chi connectivity index (χ3v) is 5.59. The predicted molar refractivity (Wildman–Crippen MR) is 114 cm³/mol. The van der Waals surface area contributed by atoms with Gasteiger partial charge in [0.1, 0.15) is 5.75 Å². The minimum absolute atomic E-state index is 0.0934. The van der Waals surface area contributed by atoms with Gasteiger partial charge in [0.05, 0.1) is 0 Å². The molecule has 2 N–H and O–H groups in total. The van der Waals surface area contributed by atoms with Gasteiger partial charge in [-0.05, 0) is 59.7 Å². The van der Waals surface area contributed by atoms with E-state index in [1.54, 1.807) is 19.2 Å². The van der Waals surface area contributed by atoms with Crippen LogP contribution in [0, 0.1) is 11.8 Å². The van der Waals surface area contributed by atoms with Crippen molar-refractivity contribution in [1.29, 1.82) is 0 Å². The summed E-state index contributed by atoms with van der Waals surface area (Å²) in [5, 5.41) is 0. The van der Waals surface area contributed by atoms with Crippen LogP contribution in [0.3, 0.4) is 0 Å². The minimum atomic E-state index is -2.92. The summed E-state index contributed by atoms with van der Waals surface area (Å²) in [6, 6.07) is 12.2. The zero-order chi connectivity index (χ0) is 22.2. The van der Waals surface area contributed by atoms with Crippen LogP contribution in [-0.4, -0.2) is 30.4 Å². The van der Waals surface area contributed by atoms with Crippen LogP contribution in [-0.2, 0) is 10.3 Å². The second-order valence-electron chi connectivity index (χ2n) is 7.69. The van der Waals surface area contributed by atoms with E-state index in [4.69, 9.17) is 10.5 Å². The lowest BCUT2D eigenvalue weighted by Crippen LogP contribution is -2.41. The molecule has 0 saturated heterocycles. The van der Waals surface area contributed by atoms with Crippen molar-refractivity contribution in [2.75, 3.05) is 7.05 Å². The number of nitrogens with zero attached hydrogens (tertiary/aromatic N) is 2. The van der Waals surface area contributed by atoms with Crippen molar-refractivity contribution in [1.82, 2.24) is 4.90 Å². The van der Waals surface area contributed by atoms with Gasteiger partial charge in [0.25, 0.3) is 5.91 Å². The van der Waals surface area contributed by atoms with Crippen LogP contribution in [0.5, 0.6) is 5.75 Å². The third kappa shape index (κ3) is 3.74. The van der Waals surface area contributed by atoms with Gasteiger partial charge in [-0.3, -0.25) is 9.69 Å². The Morgan fingerprint density at radius 3 is 2.61 bits per heavy atom. The molecular weight excluding hydrogens is 400 g/mol. The first kappa shape index (κ1) is 20.9. The van der Waals surface area contributed by atoms with E-state index in [0.717, 1.165) is 18.4 Å². The van der Waals surface area contributed by atoms with E-state index in [0.29, 0.717) is 23.1 Å². The molecule has 4 rings (SSSR count). The number of amides is 1. The van der Waals surface area contributed by atoms with Gasteiger partial charge in [-0.15, -0.1) is 0 Å². The summed E-state index contributed by atoms with van der Waals surface area (Å²) in [7, 11) is 1.57. The highest BCUT2D eigenvalue weighted by atomic mass is 19.3. The summed E-state index contributed by atoms with van der Waals surface area (Å²) < 4.78 is 30.5. The van der Waals surface area contributed by atoms with E-state index in [2.05, 4.69) is 16.8 Å². The molecule has 2 aromatic rings. The van der Waals surface area contributed by atoms with E-state index in [-0.39, 0.29) is 23.5 Å². The fourth-order valence-electron chi connectivity index (χ4n) is 3.89. The van der Waals surface area contributed by atoms with E-state index < -0.39 is 12.2 Å². The van der Waals surface area contributed by atoms with Crippen molar-refractivity contribution >= 4 is 11.9 Å². The molecular formula is C24H23F2N3O2. The second-order valence-corrected chi connectivity index (χ2v) is 7.69. The van der Waals surface area contributed by atoms with Gasteiger partial charge in [0.2, 0.25) is 0 Å². The average Bonchev–Trinajstić information content (AvgIpc) is 3.57. The fraction of sp³-hybridized carbons (Fsp3) is 0.333. The van der Waals surface area contributed by atoms with E-state index in [1.165, 1.54) is 11.0 Å². The molecule has 1 aliphatic carbocycles. The molecule has 7 heteroatoms. The highest BCUT2D eigenvalue weighted by molar-refractivity contribution is 6.09. The van der Waals surface area contributed by atoms with E-state index in [1.807, 2.05) is 31.2 Å². The Morgan fingerprint density at radius 2 is 2.00 bits per heavy atom. The van der Waals surface area contributed by atoms with Crippen molar-refractivity contribution < 1.29 is 18.3 Å². The van der Waals surface area contributed by atoms with Gasteiger partial charge >= 0.3 is 6.61 Å². The number of carbonyl (C=O) groups excluding carboxylic acids is 1. The van der Waals surface area contributed by atoms with Crippen LogP contribution in [0.15, 0.2) is 47.5 Å². The highest BCUT2D eigenvalue weighted by Crippen LogP contribution is 2.48. The third-order valence-electron chi connectivity index (χ3n) is 5.59. The second kappa shape index (κ2) is 8.03. The maximum Gasteiger partial charge on any atom is 0.387 e. The molecule has 1 amide bonds. The van der Waals surface area contributed by atoms with Gasteiger partial charge in [0, 0.05) is 19.0 Å². The monoisotopic (exact) mass is 423 g/mol. The highest BCUT2D eigenvalue weighted by Gasteiger charge is 2.50. The Kier molecular flexibility index (Phi) is 5.40. The normalized spacial score (nSPS) is 20.5. The number of alkyl halides is 2. The Balaban J connectivity index is 1.90. The molecule has 1 fully saturated rings. The van der Waals surface area contributed by atoms with Crippen LogP contribution < -0.4 is 10.5 Å². The number of hydrogen-bond acceptors (Lipinski definition) is 4. The van der Waals surface area contributed by atoms with Crippen molar-refractivity contribution in [3.05, 3.63) is 64.7 Å². The maximum absolute atomic E-state index is 13.5. The largest absolute Gasteiger partial charge is 0.435 e. The number of hydrogen-bond donors (Lipinski definition) is 1. The first-order valence-electron chi connectivity index (χ1n) is 10.2. The lowest BCUT2D eigenvalue weighted by Gasteiger charge is -2.27. The first-order chi connectivity index (χ1) is 14.9. The number of halogens is 2. The van der Waals surface area contributed by atoms with E-state index >= 15 is 0 Å². The Morgan fingerprint density at radius 1 is 1.26 bits per heavy atom.